The summed E-state index contributed by atoms with van der Waals surface area (Å²) < 4.78 is 4.58. The van der Waals surface area contributed by atoms with E-state index in [1.54, 1.807) is 6.21 Å². The number of aromatic nitrogens is 3. The van der Waals surface area contributed by atoms with Gasteiger partial charge in [-0.05, 0) is 99.0 Å². The number of allylic oxidation sites excluding steroid dienone is 11. The smallest absolute Gasteiger partial charge is 0.0813 e. The van der Waals surface area contributed by atoms with Gasteiger partial charge in [0.2, 0.25) is 0 Å². The first-order valence-corrected chi connectivity index (χ1v) is 19.7. The molecule has 6 heteroatoms. The third-order valence-corrected chi connectivity index (χ3v) is 10.7. The van der Waals surface area contributed by atoms with E-state index >= 15 is 0 Å². The number of benzene rings is 4. The Morgan fingerprint density at radius 1 is 0.895 bits per heavy atom. The van der Waals surface area contributed by atoms with Crippen molar-refractivity contribution in [3.8, 4) is 0 Å². The number of nitrogens with zero attached hydrogens (tertiary/aromatic N) is 5. The molecule has 8 rings (SSSR count). The van der Waals surface area contributed by atoms with E-state index in [9.17, 15) is 0 Å². The van der Waals surface area contributed by atoms with E-state index in [1.165, 1.54) is 38.1 Å². The van der Waals surface area contributed by atoms with E-state index in [0.29, 0.717) is 12.1 Å². The van der Waals surface area contributed by atoms with Crippen molar-refractivity contribution in [1.29, 1.82) is 0 Å². The van der Waals surface area contributed by atoms with Crippen LogP contribution in [0.15, 0.2) is 175 Å². The molecular formula is C51H48N6. The third-order valence-electron chi connectivity index (χ3n) is 10.7. The largest absolute Gasteiger partial charge is 0.397 e. The first-order chi connectivity index (χ1) is 28.0. The van der Waals surface area contributed by atoms with Crippen LogP contribution < -0.4 is 10.6 Å². The van der Waals surface area contributed by atoms with E-state index in [1.807, 2.05) is 63.4 Å². The Morgan fingerprint density at radius 2 is 1.77 bits per heavy atom. The molecule has 57 heavy (non-hydrogen) atoms. The molecule has 2 N–H and O–H groups in total. The van der Waals surface area contributed by atoms with Gasteiger partial charge in [0.25, 0.3) is 0 Å². The van der Waals surface area contributed by atoms with Crippen LogP contribution in [0.5, 0.6) is 0 Å². The first kappa shape index (κ1) is 37.0. The van der Waals surface area contributed by atoms with Crippen molar-refractivity contribution in [3.63, 3.8) is 0 Å². The second kappa shape index (κ2) is 16.4. The number of rotatable bonds is 11. The van der Waals surface area contributed by atoms with Gasteiger partial charge in [0.15, 0.2) is 0 Å². The van der Waals surface area contributed by atoms with Gasteiger partial charge >= 0.3 is 0 Å². The number of hydrogen-bond acceptors (Lipinski definition) is 4. The summed E-state index contributed by atoms with van der Waals surface area (Å²) in [5.74, 6) is 0. The highest BCUT2D eigenvalue weighted by molar-refractivity contribution is 6.21. The predicted molar refractivity (Wildman–Crippen MR) is 246 cm³/mol. The van der Waals surface area contributed by atoms with Crippen LogP contribution in [0.1, 0.15) is 44.9 Å². The molecule has 3 aromatic heterocycles. The highest BCUT2D eigenvalue weighted by Crippen LogP contribution is 2.40. The lowest BCUT2D eigenvalue weighted by Crippen LogP contribution is -2.10. The maximum Gasteiger partial charge on any atom is 0.0813 e. The molecule has 0 aliphatic heterocycles. The molecule has 1 aliphatic rings. The Labute approximate surface area is 335 Å². The summed E-state index contributed by atoms with van der Waals surface area (Å²) in [4.78, 5) is 11.4. The van der Waals surface area contributed by atoms with Gasteiger partial charge in [-0.2, -0.15) is 0 Å². The fraction of sp³-hybridized carbons (Fsp3) is 0.137. The minimum absolute atomic E-state index is 0.590. The summed E-state index contributed by atoms with van der Waals surface area (Å²) in [7, 11) is 2.18. The van der Waals surface area contributed by atoms with Gasteiger partial charge in [-0.1, -0.05) is 91.1 Å². The molecule has 0 amide bonds. The number of aliphatic imine (C=N–C) groups is 1. The summed E-state index contributed by atoms with van der Waals surface area (Å²) in [6, 6.07) is 30.7. The van der Waals surface area contributed by atoms with Gasteiger partial charge in [-0.3, -0.25) is 9.98 Å². The fourth-order valence-corrected chi connectivity index (χ4v) is 7.93. The van der Waals surface area contributed by atoms with Gasteiger partial charge in [-0.25, -0.2) is 0 Å². The lowest BCUT2D eigenvalue weighted by atomic mass is 9.98. The normalized spacial score (nSPS) is 14.5. The van der Waals surface area contributed by atoms with Crippen LogP contribution in [-0.2, 0) is 6.42 Å². The Morgan fingerprint density at radius 3 is 2.56 bits per heavy atom. The van der Waals surface area contributed by atoms with Crippen molar-refractivity contribution >= 4 is 78.4 Å². The molecule has 4 aromatic carbocycles. The SMILES string of the molecule is CC=NC(=C\C)/C(N)=C/C(=C\Cc1ccccn1)n1cc(/C=C\C=C/C)c2cc(N(C)c3cccc4ccc5c(ccc6ccn(C7=CCCC=C7)c65)c34)ccc21. The van der Waals surface area contributed by atoms with Crippen molar-refractivity contribution in [1.82, 2.24) is 14.1 Å². The van der Waals surface area contributed by atoms with E-state index in [-0.39, 0.29) is 0 Å². The second-order valence-electron chi connectivity index (χ2n) is 14.2. The monoisotopic (exact) mass is 744 g/mol. The zero-order chi connectivity index (χ0) is 39.3. The highest BCUT2D eigenvalue weighted by atomic mass is 15.1. The van der Waals surface area contributed by atoms with Crippen LogP contribution in [0.3, 0.4) is 0 Å². The molecule has 0 spiro atoms. The molecule has 0 bridgehead atoms. The summed E-state index contributed by atoms with van der Waals surface area (Å²) >= 11 is 0. The van der Waals surface area contributed by atoms with Crippen LogP contribution >= 0.6 is 0 Å². The Bertz CT molecular complexity index is 2870. The summed E-state index contributed by atoms with van der Waals surface area (Å²) in [5, 5.41) is 7.31. The zero-order valence-corrected chi connectivity index (χ0v) is 33.1. The average molecular weight is 745 g/mol. The summed E-state index contributed by atoms with van der Waals surface area (Å²) in [6.07, 6.45) is 32.2. The molecule has 0 saturated heterocycles. The molecule has 6 nitrogen and oxygen atoms in total. The zero-order valence-electron chi connectivity index (χ0n) is 33.1. The standard InChI is InChI=1S/C51H48N6/c1-5-8-10-16-38-35-57(42(25-24-39-18-13-14-31-54-39)34-46(52)47(6-2)53-7-3)48-29-26-41(33-45(38)48)55(4)49-21-15-17-36-22-28-44-43(50(36)49)27-23-37-30-32-56(51(37)44)40-19-11-9-12-20-40/h5-8,10-11,13-23,25-35H,9,12,24,52H2,1-4H3/b8-5-,16-10-,42-25+,46-34-,47-6-,53-7?. The quantitative estimate of drug-likeness (QED) is 0.0815. The molecular weight excluding hydrogens is 697 g/mol. The Balaban J connectivity index is 1.28. The predicted octanol–water partition coefficient (Wildman–Crippen LogP) is 12.8. The van der Waals surface area contributed by atoms with Crippen molar-refractivity contribution in [2.24, 2.45) is 10.7 Å². The van der Waals surface area contributed by atoms with Crippen molar-refractivity contribution in [3.05, 3.63) is 181 Å². The summed E-state index contributed by atoms with van der Waals surface area (Å²) in [6.45, 7) is 5.89. The second-order valence-corrected chi connectivity index (χ2v) is 14.2. The number of nitrogens with two attached hydrogens (primary N) is 1. The number of pyridine rings is 1. The highest BCUT2D eigenvalue weighted by Gasteiger charge is 2.17. The van der Waals surface area contributed by atoms with Crippen LogP contribution in [-0.4, -0.2) is 27.4 Å². The van der Waals surface area contributed by atoms with E-state index in [4.69, 9.17) is 5.73 Å². The molecule has 0 unspecified atom stereocenters. The molecule has 0 fully saturated rings. The van der Waals surface area contributed by atoms with Crippen LogP contribution in [0.25, 0.3) is 60.8 Å². The van der Waals surface area contributed by atoms with Crippen LogP contribution in [0.2, 0.25) is 0 Å². The number of hydrogen-bond donors (Lipinski definition) is 1. The lowest BCUT2D eigenvalue weighted by Gasteiger charge is -2.23. The molecule has 0 radical (unpaired) electrons. The van der Waals surface area contributed by atoms with Crippen molar-refractivity contribution in [2.75, 3.05) is 11.9 Å². The Kier molecular flexibility index (Phi) is 10.7. The fourth-order valence-electron chi connectivity index (χ4n) is 7.93. The molecule has 7 aromatic rings. The number of fused-ring (bicyclic) bond motifs is 6. The topological polar surface area (TPSA) is 64.4 Å². The van der Waals surface area contributed by atoms with Gasteiger partial charge in [0, 0.05) is 93.8 Å². The van der Waals surface area contributed by atoms with Crippen LogP contribution in [0, 0.1) is 0 Å². The van der Waals surface area contributed by atoms with Gasteiger partial charge in [0.1, 0.15) is 0 Å². The van der Waals surface area contributed by atoms with Gasteiger partial charge in [0.05, 0.1) is 22.4 Å². The van der Waals surface area contributed by atoms with Crippen LogP contribution in [0.4, 0.5) is 11.4 Å². The van der Waals surface area contributed by atoms with E-state index in [0.717, 1.165) is 57.8 Å². The lowest BCUT2D eigenvalue weighted by molar-refractivity contribution is 1.01. The maximum atomic E-state index is 6.73. The molecule has 0 saturated carbocycles. The first-order valence-electron chi connectivity index (χ1n) is 19.7. The molecule has 282 valence electrons. The molecule has 3 heterocycles. The number of anilines is 2. The molecule has 0 atom stereocenters. The van der Waals surface area contributed by atoms with E-state index < -0.39 is 0 Å². The maximum absolute atomic E-state index is 6.73. The van der Waals surface area contributed by atoms with Gasteiger partial charge < -0.3 is 19.8 Å². The van der Waals surface area contributed by atoms with E-state index in [2.05, 4.69) is 153 Å². The minimum Gasteiger partial charge on any atom is -0.397 e. The third kappa shape index (κ3) is 7.30. The summed E-state index contributed by atoms with van der Waals surface area (Å²) in [5.41, 5.74) is 16.9. The Hall–Kier alpha value is -6.92. The van der Waals surface area contributed by atoms with Gasteiger partial charge in [-0.15, -0.1) is 0 Å². The van der Waals surface area contributed by atoms with Crippen molar-refractivity contribution < 1.29 is 0 Å². The van der Waals surface area contributed by atoms with Crippen molar-refractivity contribution in [2.45, 2.75) is 40.0 Å². The average Bonchev–Trinajstić information content (AvgIpc) is 3.86. The minimum atomic E-state index is 0.590. The molecule has 1 aliphatic carbocycles.